The smallest absolute Gasteiger partial charge is 0.232 e. The van der Waals surface area contributed by atoms with Gasteiger partial charge in [-0.2, -0.15) is 5.10 Å². The van der Waals surface area contributed by atoms with Crippen LogP contribution >= 0.6 is 11.6 Å². The molecule has 1 aromatic carbocycles. The van der Waals surface area contributed by atoms with E-state index in [0.29, 0.717) is 5.88 Å². The van der Waals surface area contributed by atoms with E-state index in [1.165, 1.54) is 5.56 Å². The summed E-state index contributed by atoms with van der Waals surface area (Å²) in [5, 5.41) is 5.19. The van der Waals surface area contributed by atoms with Crippen molar-refractivity contribution in [1.29, 1.82) is 0 Å². The topological polar surface area (TPSA) is 56.1 Å². The van der Waals surface area contributed by atoms with Crippen LogP contribution in [0, 0.1) is 0 Å². The maximum atomic E-state index is 5.94. The van der Waals surface area contributed by atoms with Gasteiger partial charge in [0.25, 0.3) is 0 Å². The molecule has 3 heterocycles. The largest absolute Gasteiger partial charge is 0.473 e. The fourth-order valence-corrected chi connectivity index (χ4v) is 3.26. The van der Waals surface area contributed by atoms with Crippen molar-refractivity contribution in [2.75, 3.05) is 13.1 Å². The van der Waals surface area contributed by atoms with Crippen LogP contribution in [0.15, 0.2) is 55.2 Å². The van der Waals surface area contributed by atoms with E-state index < -0.39 is 0 Å². The summed E-state index contributed by atoms with van der Waals surface area (Å²) in [6.45, 7) is 2.89. The molecule has 0 unspecified atom stereocenters. The van der Waals surface area contributed by atoms with Crippen LogP contribution in [0.5, 0.6) is 5.88 Å². The van der Waals surface area contributed by atoms with Crippen molar-refractivity contribution in [3.05, 3.63) is 65.8 Å². The van der Waals surface area contributed by atoms with Crippen molar-refractivity contribution in [3.8, 4) is 11.6 Å². The summed E-state index contributed by atoms with van der Waals surface area (Å²) in [6, 6.07) is 7.68. The van der Waals surface area contributed by atoms with Gasteiger partial charge in [-0.15, -0.1) is 0 Å². The summed E-state index contributed by atoms with van der Waals surface area (Å²) in [7, 11) is 0. The van der Waals surface area contributed by atoms with Crippen molar-refractivity contribution >= 4 is 11.6 Å². The van der Waals surface area contributed by atoms with Gasteiger partial charge in [0, 0.05) is 48.8 Å². The molecule has 0 radical (unpaired) electrons. The lowest BCUT2D eigenvalue weighted by atomic mass is 10.1. The van der Waals surface area contributed by atoms with Crippen LogP contribution in [0.3, 0.4) is 0 Å². The Labute approximate surface area is 157 Å². The molecule has 0 atom stereocenters. The summed E-state index contributed by atoms with van der Waals surface area (Å²) >= 11 is 5.94. The van der Waals surface area contributed by atoms with Gasteiger partial charge in [0.15, 0.2) is 0 Å². The van der Waals surface area contributed by atoms with Crippen molar-refractivity contribution in [1.82, 2.24) is 24.6 Å². The fraction of sp³-hybridized carbons (Fsp3) is 0.316. The van der Waals surface area contributed by atoms with E-state index in [9.17, 15) is 0 Å². The van der Waals surface area contributed by atoms with Crippen LogP contribution in [0.4, 0.5) is 0 Å². The molecule has 26 heavy (non-hydrogen) atoms. The van der Waals surface area contributed by atoms with Gasteiger partial charge in [-0.3, -0.25) is 9.88 Å². The number of likely N-dealkylation sites (tertiary alicyclic amines) is 1. The highest BCUT2D eigenvalue weighted by Gasteiger charge is 2.21. The number of rotatable bonds is 5. The molecule has 2 aromatic heterocycles. The molecule has 1 aliphatic rings. The van der Waals surface area contributed by atoms with Gasteiger partial charge in [0.1, 0.15) is 6.10 Å². The second-order valence-corrected chi connectivity index (χ2v) is 6.84. The Morgan fingerprint density at radius 3 is 2.62 bits per heavy atom. The average molecular weight is 370 g/mol. The number of hydrogen-bond donors (Lipinski definition) is 0. The van der Waals surface area contributed by atoms with Crippen molar-refractivity contribution < 1.29 is 4.74 Å². The minimum Gasteiger partial charge on any atom is -0.473 e. The second kappa shape index (κ2) is 7.85. The Kier molecular flexibility index (Phi) is 5.13. The van der Waals surface area contributed by atoms with Crippen LogP contribution in [0.2, 0.25) is 5.02 Å². The van der Waals surface area contributed by atoms with Gasteiger partial charge in [0.2, 0.25) is 5.88 Å². The first-order chi connectivity index (χ1) is 12.8. The number of benzene rings is 1. The maximum Gasteiger partial charge on any atom is 0.232 e. The van der Waals surface area contributed by atoms with Crippen molar-refractivity contribution in [2.24, 2.45) is 0 Å². The molecule has 6 nitrogen and oxygen atoms in total. The minimum atomic E-state index is 0.208. The maximum absolute atomic E-state index is 5.94. The second-order valence-electron chi connectivity index (χ2n) is 6.41. The number of halogens is 1. The normalized spacial score (nSPS) is 15.9. The van der Waals surface area contributed by atoms with Gasteiger partial charge >= 0.3 is 0 Å². The fourth-order valence-electron chi connectivity index (χ4n) is 3.14. The number of nitrogens with zero attached hydrogens (tertiary/aromatic N) is 5. The molecule has 0 amide bonds. The van der Waals surface area contributed by atoms with Gasteiger partial charge < -0.3 is 4.74 Å². The molecule has 0 bridgehead atoms. The number of hydrogen-bond acceptors (Lipinski definition) is 5. The summed E-state index contributed by atoms with van der Waals surface area (Å²) in [5.41, 5.74) is 2.21. The molecule has 1 aliphatic heterocycles. The first-order valence-electron chi connectivity index (χ1n) is 8.71. The standard InChI is InChI=1S/C19H20ClN5O/c20-16-1-3-17(4-2-16)25-14-15(11-23-25)13-24-9-5-18(6-10-24)26-19-12-21-7-8-22-19/h1-4,7-8,11-12,14,18H,5-6,9-10,13H2. The van der Waals surface area contributed by atoms with E-state index in [2.05, 4.69) is 26.2 Å². The van der Waals surface area contributed by atoms with E-state index in [-0.39, 0.29) is 6.10 Å². The van der Waals surface area contributed by atoms with Gasteiger partial charge in [0.05, 0.1) is 18.1 Å². The number of piperidine rings is 1. The highest BCUT2D eigenvalue weighted by molar-refractivity contribution is 6.30. The van der Waals surface area contributed by atoms with Gasteiger partial charge in [-0.25, -0.2) is 9.67 Å². The lowest BCUT2D eigenvalue weighted by molar-refractivity contribution is 0.0929. The summed E-state index contributed by atoms with van der Waals surface area (Å²) in [5.74, 6) is 0.607. The lowest BCUT2D eigenvalue weighted by Gasteiger charge is -2.31. The SMILES string of the molecule is Clc1ccc(-n2cc(CN3CCC(Oc4cnccn4)CC3)cn2)cc1. The predicted octanol–water partition coefficient (Wildman–Crippen LogP) is 3.36. The van der Waals surface area contributed by atoms with E-state index in [0.717, 1.165) is 43.2 Å². The minimum absolute atomic E-state index is 0.208. The average Bonchev–Trinajstić information content (AvgIpc) is 3.13. The number of ether oxygens (including phenoxy) is 1. The van der Waals surface area contributed by atoms with Crippen LogP contribution in [-0.2, 0) is 6.54 Å². The zero-order chi connectivity index (χ0) is 17.8. The Balaban J connectivity index is 1.30. The molecule has 0 saturated carbocycles. The van der Waals surface area contributed by atoms with Gasteiger partial charge in [-0.1, -0.05) is 11.6 Å². The molecule has 0 N–H and O–H groups in total. The van der Waals surface area contributed by atoms with Crippen molar-refractivity contribution in [2.45, 2.75) is 25.5 Å². The third kappa shape index (κ3) is 4.20. The Bertz CT molecular complexity index is 829. The van der Waals surface area contributed by atoms with Crippen molar-refractivity contribution in [3.63, 3.8) is 0 Å². The summed E-state index contributed by atoms with van der Waals surface area (Å²) in [6.07, 6.45) is 11.2. The van der Waals surface area contributed by atoms with E-state index in [1.807, 2.05) is 35.1 Å². The Morgan fingerprint density at radius 2 is 1.88 bits per heavy atom. The third-order valence-electron chi connectivity index (χ3n) is 4.49. The quantitative estimate of drug-likeness (QED) is 0.690. The molecule has 4 rings (SSSR count). The van der Waals surface area contributed by atoms with Gasteiger partial charge in [-0.05, 0) is 37.1 Å². The Morgan fingerprint density at radius 1 is 1.08 bits per heavy atom. The van der Waals surface area contributed by atoms with Crippen LogP contribution in [0.25, 0.3) is 5.69 Å². The van der Waals surface area contributed by atoms with Crippen LogP contribution in [-0.4, -0.2) is 43.8 Å². The van der Waals surface area contributed by atoms with E-state index >= 15 is 0 Å². The van der Waals surface area contributed by atoms with E-state index in [1.54, 1.807) is 18.6 Å². The molecular formula is C19H20ClN5O. The molecule has 0 aliphatic carbocycles. The first kappa shape index (κ1) is 17.0. The lowest BCUT2D eigenvalue weighted by Crippen LogP contribution is -2.37. The molecule has 1 saturated heterocycles. The molecule has 1 fully saturated rings. The zero-order valence-electron chi connectivity index (χ0n) is 14.3. The monoisotopic (exact) mass is 369 g/mol. The predicted molar refractivity (Wildman–Crippen MR) is 99.5 cm³/mol. The summed E-state index contributed by atoms with van der Waals surface area (Å²) < 4.78 is 7.78. The Hall–Kier alpha value is -2.44. The highest BCUT2D eigenvalue weighted by atomic mass is 35.5. The zero-order valence-corrected chi connectivity index (χ0v) is 15.1. The first-order valence-corrected chi connectivity index (χ1v) is 9.08. The third-order valence-corrected chi connectivity index (χ3v) is 4.75. The highest BCUT2D eigenvalue weighted by Crippen LogP contribution is 2.19. The molecule has 7 heteroatoms. The van der Waals surface area contributed by atoms with E-state index in [4.69, 9.17) is 16.3 Å². The molecule has 3 aromatic rings. The number of aromatic nitrogens is 4. The molecule has 0 spiro atoms. The van der Waals surface area contributed by atoms with Crippen LogP contribution in [0.1, 0.15) is 18.4 Å². The van der Waals surface area contributed by atoms with Crippen LogP contribution < -0.4 is 4.74 Å². The summed E-state index contributed by atoms with van der Waals surface area (Å²) in [4.78, 5) is 10.6. The molecule has 134 valence electrons. The molecular weight excluding hydrogens is 350 g/mol.